The van der Waals surface area contributed by atoms with E-state index in [-0.39, 0.29) is 22.6 Å². The molecule has 0 radical (unpaired) electrons. The largest absolute Gasteiger partial charge is 0.423 e. The smallest absolute Gasteiger partial charge is 0.338 e. The molecule has 0 fully saturated rings. The van der Waals surface area contributed by atoms with Crippen molar-refractivity contribution in [1.29, 1.82) is 0 Å². The Morgan fingerprint density at radius 1 is 0.562 bits per heavy atom. The molecular formula is C40H30O8. The SMILES string of the molecule is C=CC(=O)Oc1cc(-c2ccc(-c3ccc(OC(=O)C(=C)C)cc3)cc2)c(OC(=O)C=C)cc1C#Cc1ccc(OC(=O)C(=C)C)cc1. The third-order valence-electron chi connectivity index (χ3n) is 6.53. The van der Waals surface area contributed by atoms with Crippen molar-refractivity contribution < 1.29 is 38.1 Å². The van der Waals surface area contributed by atoms with Gasteiger partial charge in [-0.1, -0.05) is 74.6 Å². The maximum absolute atomic E-state index is 12.3. The maximum atomic E-state index is 12.3. The highest BCUT2D eigenvalue weighted by atomic mass is 16.5. The minimum absolute atomic E-state index is 0.108. The Bertz CT molecular complexity index is 2000. The van der Waals surface area contributed by atoms with E-state index < -0.39 is 23.9 Å². The standard InChI is InChI=1S/C40H30O8/c1-7-37(41)47-35-24-34(30-15-13-28(14-16-30)29-17-21-33(22-18-29)46-40(44)26(5)6)36(48-38(42)8-2)23-31(35)12-9-27-10-19-32(20-11-27)45-39(43)25(3)4/h7-8,10-11,13-24H,1-3,5H2,4,6H3. The third-order valence-corrected chi connectivity index (χ3v) is 6.53. The molecule has 0 aliphatic heterocycles. The summed E-state index contributed by atoms with van der Waals surface area (Å²) in [5.74, 6) is 4.46. The zero-order valence-corrected chi connectivity index (χ0v) is 26.3. The van der Waals surface area contributed by atoms with Crippen LogP contribution in [0.25, 0.3) is 22.3 Å². The van der Waals surface area contributed by atoms with Crippen molar-refractivity contribution in [2.75, 3.05) is 0 Å². The summed E-state index contributed by atoms with van der Waals surface area (Å²) in [6.45, 7) is 17.2. The fraction of sp³-hybridized carbons (Fsp3) is 0.0500. The summed E-state index contributed by atoms with van der Waals surface area (Å²) in [6.07, 6.45) is 2.05. The predicted octanol–water partition coefficient (Wildman–Crippen LogP) is 7.57. The molecule has 4 aromatic carbocycles. The second-order valence-corrected chi connectivity index (χ2v) is 10.3. The van der Waals surface area contributed by atoms with Crippen LogP contribution < -0.4 is 18.9 Å². The summed E-state index contributed by atoms with van der Waals surface area (Å²) in [5, 5.41) is 0. The van der Waals surface area contributed by atoms with E-state index in [9.17, 15) is 19.2 Å². The zero-order chi connectivity index (χ0) is 34.8. The summed E-state index contributed by atoms with van der Waals surface area (Å²) < 4.78 is 21.6. The average molecular weight is 639 g/mol. The molecule has 0 N–H and O–H groups in total. The molecule has 0 saturated heterocycles. The van der Waals surface area contributed by atoms with Crippen LogP contribution in [0.4, 0.5) is 0 Å². The Balaban J connectivity index is 1.70. The van der Waals surface area contributed by atoms with E-state index >= 15 is 0 Å². The molecule has 0 amide bonds. The minimum atomic E-state index is -0.712. The minimum Gasteiger partial charge on any atom is -0.423 e. The van der Waals surface area contributed by atoms with Crippen molar-refractivity contribution in [3.63, 3.8) is 0 Å². The molecule has 0 bridgehead atoms. The first-order chi connectivity index (χ1) is 23.0. The molecule has 0 unspecified atom stereocenters. The van der Waals surface area contributed by atoms with E-state index in [1.54, 1.807) is 56.3 Å². The Hall–Kier alpha value is -6.72. The highest BCUT2D eigenvalue weighted by Gasteiger charge is 2.17. The molecule has 0 heterocycles. The second kappa shape index (κ2) is 15.5. The van der Waals surface area contributed by atoms with Gasteiger partial charge in [-0.25, -0.2) is 19.2 Å². The Morgan fingerprint density at radius 3 is 1.48 bits per heavy atom. The van der Waals surface area contributed by atoms with Crippen LogP contribution in [0.15, 0.2) is 135 Å². The van der Waals surface area contributed by atoms with Gasteiger partial charge in [-0.2, -0.15) is 0 Å². The third kappa shape index (κ3) is 8.93. The van der Waals surface area contributed by atoms with Crippen molar-refractivity contribution in [3.8, 4) is 57.1 Å². The van der Waals surface area contributed by atoms with Crippen LogP contribution in [0, 0.1) is 11.8 Å². The van der Waals surface area contributed by atoms with Gasteiger partial charge in [0.2, 0.25) is 0 Å². The molecule has 0 saturated carbocycles. The lowest BCUT2D eigenvalue weighted by Gasteiger charge is -2.14. The monoisotopic (exact) mass is 638 g/mol. The summed E-state index contributed by atoms with van der Waals surface area (Å²) in [6, 6.07) is 23.9. The molecule has 0 aliphatic carbocycles. The van der Waals surface area contributed by atoms with Gasteiger partial charge in [0.05, 0.1) is 5.56 Å². The van der Waals surface area contributed by atoms with Crippen molar-refractivity contribution >= 4 is 23.9 Å². The summed E-state index contributed by atoms with van der Waals surface area (Å²) in [7, 11) is 0. The first-order valence-electron chi connectivity index (χ1n) is 14.4. The van der Waals surface area contributed by atoms with Crippen LogP contribution >= 0.6 is 0 Å². The molecule has 0 aliphatic rings. The summed E-state index contributed by atoms with van der Waals surface area (Å²) in [4.78, 5) is 48.2. The van der Waals surface area contributed by atoms with Gasteiger partial charge in [0.1, 0.15) is 23.0 Å². The first-order valence-corrected chi connectivity index (χ1v) is 14.4. The van der Waals surface area contributed by atoms with E-state index in [4.69, 9.17) is 18.9 Å². The molecule has 8 heteroatoms. The zero-order valence-electron chi connectivity index (χ0n) is 26.3. The Kier molecular flexibility index (Phi) is 11.0. The van der Waals surface area contributed by atoms with Gasteiger partial charge in [0.15, 0.2) is 0 Å². The van der Waals surface area contributed by atoms with Crippen LogP contribution in [0.1, 0.15) is 25.0 Å². The van der Waals surface area contributed by atoms with Gasteiger partial charge >= 0.3 is 23.9 Å². The lowest BCUT2D eigenvalue weighted by molar-refractivity contribution is -0.130. The Morgan fingerprint density at radius 2 is 1.00 bits per heavy atom. The summed E-state index contributed by atoms with van der Waals surface area (Å²) >= 11 is 0. The number of carbonyl (C=O) groups is 4. The predicted molar refractivity (Wildman–Crippen MR) is 182 cm³/mol. The molecule has 0 spiro atoms. The fourth-order valence-electron chi connectivity index (χ4n) is 4.04. The van der Waals surface area contributed by atoms with Gasteiger partial charge in [-0.15, -0.1) is 0 Å². The van der Waals surface area contributed by atoms with Crippen LogP contribution in [0.3, 0.4) is 0 Å². The molecule has 0 aromatic heterocycles. The molecule has 238 valence electrons. The van der Waals surface area contributed by atoms with Gasteiger partial charge in [0.25, 0.3) is 0 Å². The van der Waals surface area contributed by atoms with Gasteiger partial charge in [-0.3, -0.25) is 0 Å². The van der Waals surface area contributed by atoms with Crippen LogP contribution in [-0.4, -0.2) is 23.9 Å². The highest BCUT2D eigenvalue weighted by molar-refractivity contribution is 5.90. The van der Waals surface area contributed by atoms with Gasteiger partial charge < -0.3 is 18.9 Å². The van der Waals surface area contributed by atoms with Crippen LogP contribution in [0.5, 0.6) is 23.0 Å². The van der Waals surface area contributed by atoms with E-state index in [2.05, 4.69) is 38.2 Å². The molecule has 0 atom stereocenters. The van der Waals surface area contributed by atoms with Crippen LogP contribution in [0.2, 0.25) is 0 Å². The molecule has 4 rings (SSSR count). The van der Waals surface area contributed by atoms with Crippen molar-refractivity contribution in [1.82, 2.24) is 0 Å². The van der Waals surface area contributed by atoms with Gasteiger partial charge in [-0.05, 0) is 73.0 Å². The normalized spacial score (nSPS) is 9.96. The number of hydrogen-bond acceptors (Lipinski definition) is 8. The molecule has 4 aromatic rings. The Labute approximate surface area is 278 Å². The second-order valence-electron chi connectivity index (χ2n) is 10.3. The van der Waals surface area contributed by atoms with E-state index in [1.807, 2.05) is 36.4 Å². The maximum Gasteiger partial charge on any atom is 0.338 e. The number of ether oxygens (including phenoxy) is 4. The van der Waals surface area contributed by atoms with Gasteiger partial charge in [0, 0.05) is 40.5 Å². The fourth-order valence-corrected chi connectivity index (χ4v) is 4.04. The quantitative estimate of drug-likeness (QED) is 0.0758. The van der Waals surface area contributed by atoms with Crippen molar-refractivity contribution in [3.05, 3.63) is 146 Å². The molecule has 8 nitrogen and oxygen atoms in total. The lowest BCUT2D eigenvalue weighted by Crippen LogP contribution is -2.08. The number of esters is 4. The van der Waals surface area contributed by atoms with E-state index in [0.717, 1.165) is 23.3 Å². The lowest BCUT2D eigenvalue weighted by atomic mass is 9.98. The van der Waals surface area contributed by atoms with E-state index in [1.165, 1.54) is 6.07 Å². The van der Waals surface area contributed by atoms with Crippen molar-refractivity contribution in [2.45, 2.75) is 13.8 Å². The summed E-state index contributed by atoms with van der Waals surface area (Å²) in [5.41, 5.74) is 4.20. The average Bonchev–Trinajstić information content (AvgIpc) is 3.08. The number of hydrogen-bond donors (Lipinski definition) is 0. The van der Waals surface area contributed by atoms with E-state index in [0.29, 0.717) is 33.8 Å². The first kappa shape index (κ1) is 34.2. The van der Waals surface area contributed by atoms with Crippen molar-refractivity contribution in [2.24, 2.45) is 0 Å². The topological polar surface area (TPSA) is 105 Å². The molecule has 48 heavy (non-hydrogen) atoms. The number of benzene rings is 4. The highest BCUT2D eigenvalue weighted by Crippen LogP contribution is 2.38. The molecular weight excluding hydrogens is 608 g/mol. The number of carbonyl (C=O) groups excluding carboxylic acids is 4. The number of rotatable bonds is 10. The van der Waals surface area contributed by atoms with Crippen LogP contribution in [-0.2, 0) is 19.2 Å².